The molecule has 0 spiro atoms. The Kier molecular flexibility index (Phi) is 6.10. The van der Waals surface area contributed by atoms with Gasteiger partial charge in [-0.3, -0.25) is 9.59 Å². The lowest BCUT2D eigenvalue weighted by atomic mass is 10.1. The number of amides is 2. The molecule has 0 unspecified atom stereocenters. The van der Waals surface area contributed by atoms with E-state index in [1.165, 1.54) is 12.1 Å². The number of hydrogen-bond acceptors (Lipinski definition) is 3. The van der Waals surface area contributed by atoms with Crippen molar-refractivity contribution >= 4 is 40.7 Å². The quantitative estimate of drug-likeness (QED) is 0.486. The third-order valence-electron chi connectivity index (χ3n) is 4.45. The number of anilines is 1. The van der Waals surface area contributed by atoms with Crippen LogP contribution in [0.1, 0.15) is 49.3 Å². The summed E-state index contributed by atoms with van der Waals surface area (Å²) in [5.74, 6) is -0.872. The molecule has 1 aliphatic carbocycles. The highest BCUT2D eigenvalue weighted by Gasteiger charge is 2.28. The van der Waals surface area contributed by atoms with Gasteiger partial charge >= 0.3 is 0 Å². The Balaban J connectivity index is 1.82. The molecule has 2 aromatic carbocycles. The normalized spacial score (nSPS) is 14.4. The molecule has 0 heterocycles. The van der Waals surface area contributed by atoms with Crippen molar-refractivity contribution in [2.45, 2.75) is 38.2 Å². The molecule has 148 valence electrons. The van der Waals surface area contributed by atoms with Crippen molar-refractivity contribution in [1.29, 1.82) is 0 Å². The van der Waals surface area contributed by atoms with E-state index in [4.69, 9.17) is 33.7 Å². The summed E-state index contributed by atoms with van der Waals surface area (Å²) in [6, 6.07) is 7.86. The van der Waals surface area contributed by atoms with Crippen LogP contribution in [0.25, 0.3) is 0 Å². The monoisotopic (exact) mass is 424 g/mol. The van der Waals surface area contributed by atoms with Gasteiger partial charge in [0, 0.05) is 16.3 Å². The van der Waals surface area contributed by atoms with Gasteiger partial charge in [-0.05, 0) is 61.6 Å². The number of ether oxygens (including phenoxy) is 1. The SMILES string of the molecule is C[C@H](Oc1ccc(NC(=O)CC(N)=O)c(C2CC2)c1)c1c(Cl)ccc(F)c1Cl. The largest absolute Gasteiger partial charge is 0.486 e. The van der Waals surface area contributed by atoms with Gasteiger partial charge in [0.2, 0.25) is 11.8 Å². The van der Waals surface area contributed by atoms with Gasteiger partial charge in [0.1, 0.15) is 24.1 Å². The summed E-state index contributed by atoms with van der Waals surface area (Å²) in [6.07, 6.45) is 1.03. The van der Waals surface area contributed by atoms with Crippen LogP contribution in [0.15, 0.2) is 30.3 Å². The molecule has 1 aliphatic rings. The lowest BCUT2D eigenvalue weighted by molar-refractivity contribution is -0.124. The van der Waals surface area contributed by atoms with Gasteiger partial charge in [0.05, 0.1) is 5.02 Å². The Morgan fingerprint density at radius 1 is 1.29 bits per heavy atom. The van der Waals surface area contributed by atoms with E-state index in [9.17, 15) is 14.0 Å². The fraction of sp³-hybridized carbons (Fsp3) is 0.300. The van der Waals surface area contributed by atoms with Crippen LogP contribution in [-0.2, 0) is 9.59 Å². The molecular weight excluding hydrogens is 406 g/mol. The lowest BCUT2D eigenvalue weighted by Crippen LogP contribution is -2.22. The molecule has 0 bridgehead atoms. The molecule has 3 N–H and O–H groups in total. The van der Waals surface area contributed by atoms with E-state index in [0.29, 0.717) is 27.9 Å². The maximum Gasteiger partial charge on any atom is 0.233 e. The van der Waals surface area contributed by atoms with Gasteiger partial charge in [0.25, 0.3) is 0 Å². The third-order valence-corrected chi connectivity index (χ3v) is 5.16. The lowest BCUT2D eigenvalue weighted by Gasteiger charge is -2.19. The number of benzene rings is 2. The minimum absolute atomic E-state index is 0.0715. The summed E-state index contributed by atoms with van der Waals surface area (Å²) in [6.45, 7) is 1.73. The number of nitrogens with two attached hydrogens (primary N) is 1. The van der Waals surface area contributed by atoms with Crippen LogP contribution in [0.4, 0.5) is 10.1 Å². The fourth-order valence-corrected chi connectivity index (χ4v) is 3.67. The zero-order valence-electron chi connectivity index (χ0n) is 15.1. The second-order valence-electron chi connectivity index (χ2n) is 6.73. The van der Waals surface area contributed by atoms with Crippen LogP contribution in [0.5, 0.6) is 5.75 Å². The molecular formula is C20H19Cl2FN2O3. The minimum Gasteiger partial charge on any atom is -0.486 e. The minimum atomic E-state index is -0.692. The van der Waals surface area contributed by atoms with Crippen LogP contribution in [0, 0.1) is 5.82 Å². The van der Waals surface area contributed by atoms with Gasteiger partial charge < -0.3 is 15.8 Å². The molecule has 0 aromatic heterocycles. The number of carbonyl (C=O) groups excluding carboxylic acids is 2. The highest BCUT2D eigenvalue weighted by Crippen LogP contribution is 2.45. The van der Waals surface area contributed by atoms with Crippen LogP contribution in [0.3, 0.4) is 0 Å². The molecule has 3 rings (SSSR count). The van der Waals surface area contributed by atoms with Crippen LogP contribution in [0.2, 0.25) is 10.0 Å². The maximum absolute atomic E-state index is 13.8. The molecule has 0 saturated heterocycles. The molecule has 0 radical (unpaired) electrons. The van der Waals surface area contributed by atoms with E-state index in [0.717, 1.165) is 18.4 Å². The summed E-state index contributed by atoms with van der Waals surface area (Å²) in [5, 5.41) is 2.96. The van der Waals surface area contributed by atoms with E-state index in [1.54, 1.807) is 19.1 Å². The Morgan fingerprint density at radius 3 is 2.64 bits per heavy atom. The van der Waals surface area contributed by atoms with E-state index >= 15 is 0 Å². The van der Waals surface area contributed by atoms with Crippen LogP contribution >= 0.6 is 23.2 Å². The van der Waals surface area contributed by atoms with Gasteiger partial charge in [-0.15, -0.1) is 0 Å². The second-order valence-corrected chi connectivity index (χ2v) is 7.52. The molecule has 2 aromatic rings. The molecule has 1 fully saturated rings. The number of hydrogen-bond donors (Lipinski definition) is 2. The van der Waals surface area contributed by atoms with Crippen molar-refractivity contribution in [2.24, 2.45) is 5.73 Å². The third kappa shape index (κ3) is 4.75. The van der Waals surface area contributed by atoms with Crippen molar-refractivity contribution in [1.82, 2.24) is 0 Å². The molecule has 28 heavy (non-hydrogen) atoms. The predicted molar refractivity (Wildman–Crippen MR) is 106 cm³/mol. The topological polar surface area (TPSA) is 81.4 Å². The molecule has 5 nitrogen and oxygen atoms in total. The zero-order chi connectivity index (χ0) is 20.4. The summed E-state index contributed by atoms with van der Waals surface area (Å²) in [4.78, 5) is 22.8. The van der Waals surface area contributed by atoms with Gasteiger partial charge in [-0.2, -0.15) is 0 Å². The highest BCUT2D eigenvalue weighted by atomic mass is 35.5. The Hall–Kier alpha value is -2.31. The van der Waals surface area contributed by atoms with Crippen molar-refractivity contribution in [3.05, 3.63) is 57.3 Å². The zero-order valence-corrected chi connectivity index (χ0v) is 16.6. The number of halogens is 3. The van der Waals surface area contributed by atoms with Gasteiger partial charge in [-0.25, -0.2) is 4.39 Å². The number of primary amides is 1. The van der Waals surface area contributed by atoms with E-state index < -0.39 is 23.7 Å². The average molecular weight is 425 g/mol. The van der Waals surface area contributed by atoms with E-state index in [2.05, 4.69) is 5.32 Å². The molecule has 1 atom stereocenters. The summed E-state index contributed by atoms with van der Waals surface area (Å²) >= 11 is 12.2. The summed E-state index contributed by atoms with van der Waals surface area (Å²) in [5.41, 5.74) is 6.97. The number of rotatable bonds is 7. The number of nitrogens with one attached hydrogen (secondary N) is 1. The van der Waals surface area contributed by atoms with Gasteiger partial charge in [0.15, 0.2) is 0 Å². The molecule has 2 amide bonds. The number of carbonyl (C=O) groups is 2. The van der Waals surface area contributed by atoms with Crippen molar-refractivity contribution in [3.8, 4) is 5.75 Å². The van der Waals surface area contributed by atoms with Crippen LogP contribution in [-0.4, -0.2) is 11.8 Å². The standard InChI is InChI=1S/C20H19Cl2FN2O3/c1-10(19-14(21)5-6-15(23)20(19)22)28-12-4-7-16(13(8-12)11-2-3-11)25-18(27)9-17(24)26/h4-8,10-11H,2-3,9H2,1H3,(H2,24,26)(H,25,27)/t10-/m0/s1. The average Bonchev–Trinajstić information content (AvgIpc) is 3.44. The summed E-state index contributed by atoms with van der Waals surface area (Å²) < 4.78 is 19.7. The van der Waals surface area contributed by atoms with Gasteiger partial charge in [-0.1, -0.05) is 23.2 Å². The Labute approximate surface area is 172 Å². The van der Waals surface area contributed by atoms with Crippen LogP contribution < -0.4 is 15.8 Å². The second kappa shape index (κ2) is 8.37. The maximum atomic E-state index is 13.8. The first-order chi connectivity index (χ1) is 13.3. The first kappa shape index (κ1) is 20.4. The van der Waals surface area contributed by atoms with E-state index in [1.807, 2.05) is 6.07 Å². The highest BCUT2D eigenvalue weighted by molar-refractivity contribution is 6.36. The molecule has 8 heteroatoms. The van der Waals surface area contributed by atoms with Crippen molar-refractivity contribution in [2.75, 3.05) is 5.32 Å². The predicted octanol–water partition coefficient (Wildman–Crippen LogP) is 4.96. The van der Waals surface area contributed by atoms with Crippen molar-refractivity contribution in [3.63, 3.8) is 0 Å². The first-order valence-electron chi connectivity index (χ1n) is 8.78. The smallest absolute Gasteiger partial charge is 0.233 e. The first-order valence-corrected chi connectivity index (χ1v) is 9.54. The Morgan fingerprint density at radius 2 is 2.00 bits per heavy atom. The molecule has 1 saturated carbocycles. The Bertz CT molecular complexity index is 932. The fourth-order valence-electron chi connectivity index (χ4n) is 2.99. The molecule has 0 aliphatic heterocycles. The summed E-state index contributed by atoms with van der Waals surface area (Å²) in [7, 11) is 0. The van der Waals surface area contributed by atoms with Crippen molar-refractivity contribution < 1.29 is 18.7 Å². The van der Waals surface area contributed by atoms with E-state index in [-0.39, 0.29) is 11.4 Å².